The van der Waals surface area contributed by atoms with E-state index in [1.54, 1.807) is 36.4 Å². The summed E-state index contributed by atoms with van der Waals surface area (Å²) in [6.07, 6.45) is 1.25. The van der Waals surface area contributed by atoms with Gasteiger partial charge in [-0.05, 0) is 30.7 Å². The van der Waals surface area contributed by atoms with E-state index < -0.39 is 11.7 Å². The summed E-state index contributed by atoms with van der Waals surface area (Å²) in [5, 5.41) is 4.07. The quantitative estimate of drug-likeness (QED) is 0.681. The minimum Gasteiger partial charge on any atom is -0.267 e. The minimum atomic E-state index is -0.442. The van der Waals surface area contributed by atoms with Gasteiger partial charge >= 0.3 is 0 Å². The molecule has 0 heterocycles. The van der Waals surface area contributed by atoms with E-state index in [2.05, 4.69) is 10.5 Å². The number of nitrogens with one attached hydrogen (secondary N) is 1. The molecule has 0 aliphatic carbocycles. The van der Waals surface area contributed by atoms with E-state index in [-0.39, 0.29) is 0 Å². The fourth-order valence-electron chi connectivity index (χ4n) is 1.60. The van der Waals surface area contributed by atoms with Crippen molar-refractivity contribution in [2.45, 2.75) is 6.92 Å². The van der Waals surface area contributed by atoms with Gasteiger partial charge in [-0.25, -0.2) is 9.82 Å². The number of benzene rings is 2. The van der Waals surface area contributed by atoms with Crippen molar-refractivity contribution < 1.29 is 9.18 Å². The maximum atomic E-state index is 13.3. The molecule has 2 aromatic rings. The number of hydrogen-bond acceptors (Lipinski definition) is 2. The second kappa shape index (κ2) is 6.30. The number of hydrazone groups is 1. The number of aryl methyl sites for hydroxylation is 1. The first-order valence-corrected chi connectivity index (χ1v) is 6.30. The molecule has 0 fully saturated rings. The average molecular weight is 291 g/mol. The number of nitrogens with zero attached hydrogens (tertiary/aromatic N) is 1. The number of carbonyl (C=O) groups is 1. The molecule has 0 atom stereocenters. The van der Waals surface area contributed by atoms with Crippen LogP contribution in [0.15, 0.2) is 47.6 Å². The van der Waals surface area contributed by atoms with E-state index >= 15 is 0 Å². The molecule has 0 radical (unpaired) electrons. The predicted octanol–water partition coefficient (Wildman–Crippen LogP) is 3.55. The Bertz CT molecular complexity index is 671. The monoisotopic (exact) mass is 290 g/mol. The standard InChI is InChI=1S/C15H12ClFN2O/c1-10-6-7-12(13(16)8-10)15(20)19-18-9-11-4-2-3-5-14(11)17/h2-9H,1H3,(H,19,20)/b18-9+. The highest BCUT2D eigenvalue weighted by Gasteiger charge is 2.09. The van der Waals surface area contributed by atoms with Crippen molar-refractivity contribution >= 4 is 23.7 Å². The largest absolute Gasteiger partial charge is 0.272 e. The highest BCUT2D eigenvalue weighted by Crippen LogP contribution is 2.17. The van der Waals surface area contributed by atoms with Crippen LogP contribution < -0.4 is 5.43 Å². The molecule has 0 aliphatic rings. The van der Waals surface area contributed by atoms with Crippen molar-refractivity contribution in [2.24, 2.45) is 5.10 Å². The first-order chi connectivity index (χ1) is 9.58. The lowest BCUT2D eigenvalue weighted by atomic mass is 10.1. The lowest BCUT2D eigenvalue weighted by molar-refractivity contribution is 0.0955. The van der Waals surface area contributed by atoms with Crippen LogP contribution >= 0.6 is 11.6 Å². The lowest BCUT2D eigenvalue weighted by Crippen LogP contribution is -2.18. The van der Waals surface area contributed by atoms with E-state index in [4.69, 9.17) is 11.6 Å². The van der Waals surface area contributed by atoms with Crippen molar-refractivity contribution in [3.63, 3.8) is 0 Å². The van der Waals surface area contributed by atoms with Gasteiger partial charge in [0.25, 0.3) is 5.91 Å². The summed E-state index contributed by atoms with van der Waals surface area (Å²) in [4.78, 5) is 11.8. The molecular formula is C15H12ClFN2O. The van der Waals surface area contributed by atoms with Crippen LogP contribution in [-0.2, 0) is 0 Å². The van der Waals surface area contributed by atoms with Crippen molar-refractivity contribution in [2.75, 3.05) is 0 Å². The van der Waals surface area contributed by atoms with Gasteiger partial charge < -0.3 is 0 Å². The summed E-state index contributed by atoms with van der Waals surface area (Å²) >= 11 is 5.97. The topological polar surface area (TPSA) is 41.5 Å². The van der Waals surface area contributed by atoms with Gasteiger partial charge in [-0.2, -0.15) is 5.10 Å². The Morgan fingerprint density at radius 2 is 2.05 bits per heavy atom. The number of rotatable bonds is 3. The van der Waals surface area contributed by atoms with Crippen LogP contribution in [0.4, 0.5) is 4.39 Å². The summed E-state index contributed by atoms with van der Waals surface area (Å²) in [6, 6.07) is 11.2. The maximum Gasteiger partial charge on any atom is 0.272 e. The predicted molar refractivity (Wildman–Crippen MR) is 77.6 cm³/mol. The molecule has 0 spiro atoms. The maximum absolute atomic E-state index is 13.3. The second-order valence-corrected chi connectivity index (χ2v) is 4.61. The molecule has 0 bridgehead atoms. The molecule has 0 saturated carbocycles. The number of hydrogen-bond donors (Lipinski definition) is 1. The molecule has 0 saturated heterocycles. The Labute approximate surface area is 121 Å². The highest BCUT2D eigenvalue weighted by atomic mass is 35.5. The third-order valence-corrected chi connectivity index (χ3v) is 2.96. The van der Waals surface area contributed by atoms with E-state index in [1.165, 1.54) is 12.3 Å². The minimum absolute atomic E-state index is 0.294. The fourth-order valence-corrected chi connectivity index (χ4v) is 1.93. The van der Waals surface area contributed by atoms with Crippen molar-refractivity contribution in [1.82, 2.24) is 5.43 Å². The van der Waals surface area contributed by atoms with Crippen LogP contribution in [0.5, 0.6) is 0 Å². The van der Waals surface area contributed by atoms with Crippen LogP contribution in [0.3, 0.4) is 0 Å². The Hall–Kier alpha value is -2.20. The summed E-state index contributed by atoms with van der Waals surface area (Å²) in [5.74, 6) is -0.846. The van der Waals surface area contributed by atoms with Crippen molar-refractivity contribution in [3.8, 4) is 0 Å². The summed E-state index contributed by atoms with van der Waals surface area (Å²) in [6.45, 7) is 1.88. The van der Waals surface area contributed by atoms with Crippen LogP contribution in [0.1, 0.15) is 21.5 Å². The molecule has 1 amide bonds. The Balaban J connectivity index is 2.07. The Morgan fingerprint density at radius 3 is 2.75 bits per heavy atom. The Morgan fingerprint density at radius 1 is 1.30 bits per heavy atom. The zero-order chi connectivity index (χ0) is 14.5. The second-order valence-electron chi connectivity index (χ2n) is 4.20. The third-order valence-electron chi connectivity index (χ3n) is 2.64. The van der Waals surface area contributed by atoms with Crippen LogP contribution in [0, 0.1) is 12.7 Å². The summed E-state index contributed by atoms with van der Waals surface area (Å²) in [7, 11) is 0. The van der Waals surface area contributed by atoms with E-state index in [9.17, 15) is 9.18 Å². The molecule has 20 heavy (non-hydrogen) atoms. The highest BCUT2D eigenvalue weighted by molar-refractivity contribution is 6.33. The normalized spacial score (nSPS) is 10.8. The van der Waals surface area contributed by atoms with Gasteiger partial charge in [0.1, 0.15) is 5.82 Å². The molecule has 3 nitrogen and oxygen atoms in total. The van der Waals surface area contributed by atoms with E-state index in [1.807, 2.05) is 6.92 Å². The molecule has 0 unspecified atom stereocenters. The smallest absolute Gasteiger partial charge is 0.267 e. The van der Waals surface area contributed by atoms with Gasteiger partial charge in [-0.15, -0.1) is 0 Å². The van der Waals surface area contributed by atoms with Gasteiger partial charge in [0.15, 0.2) is 0 Å². The van der Waals surface area contributed by atoms with Gasteiger partial charge in [-0.3, -0.25) is 4.79 Å². The number of halogens is 2. The molecule has 2 aromatic carbocycles. The first kappa shape index (κ1) is 14.2. The van der Waals surface area contributed by atoms with Gasteiger partial charge in [0, 0.05) is 5.56 Å². The molecule has 0 aromatic heterocycles. The fraction of sp³-hybridized carbons (Fsp3) is 0.0667. The third kappa shape index (κ3) is 3.42. The number of carbonyl (C=O) groups excluding carboxylic acids is 1. The average Bonchev–Trinajstić information content (AvgIpc) is 2.40. The summed E-state index contributed by atoms with van der Waals surface area (Å²) < 4.78 is 13.3. The van der Waals surface area contributed by atoms with Crippen molar-refractivity contribution in [3.05, 3.63) is 70.0 Å². The van der Waals surface area contributed by atoms with Gasteiger partial charge in [-0.1, -0.05) is 35.9 Å². The molecule has 5 heteroatoms. The number of amides is 1. The zero-order valence-electron chi connectivity index (χ0n) is 10.7. The van der Waals surface area contributed by atoms with E-state index in [0.717, 1.165) is 5.56 Å². The van der Waals surface area contributed by atoms with Crippen LogP contribution in [0.25, 0.3) is 0 Å². The SMILES string of the molecule is Cc1ccc(C(=O)N/N=C/c2ccccc2F)c(Cl)c1. The van der Waals surface area contributed by atoms with Gasteiger partial charge in [0.05, 0.1) is 16.8 Å². The molecule has 0 aliphatic heterocycles. The molecular weight excluding hydrogens is 279 g/mol. The molecule has 1 N–H and O–H groups in total. The van der Waals surface area contributed by atoms with Crippen LogP contribution in [-0.4, -0.2) is 12.1 Å². The van der Waals surface area contributed by atoms with Crippen molar-refractivity contribution in [1.29, 1.82) is 0 Å². The first-order valence-electron chi connectivity index (χ1n) is 5.92. The zero-order valence-corrected chi connectivity index (χ0v) is 11.5. The molecule has 102 valence electrons. The van der Waals surface area contributed by atoms with Gasteiger partial charge in [0.2, 0.25) is 0 Å². The van der Waals surface area contributed by atoms with Crippen LogP contribution in [0.2, 0.25) is 5.02 Å². The Kier molecular flexibility index (Phi) is 4.48. The van der Waals surface area contributed by atoms with E-state index in [0.29, 0.717) is 16.1 Å². The lowest BCUT2D eigenvalue weighted by Gasteiger charge is -2.03. The summed E-state index contributed by atoms with van der Waals surface area (Å²) in [5.41, 5.74) is 3.89. The molecule has 2 rings (SSSR count).